The third-order valence-electron chi connectivity index (χ3n) is 5.57. The fourth-order valence-electron chi connectivity index (χ4n) is 3.58. The van der Waals surface area contributed by atoms with E-state index in [1.54, 1.807) is 13.0 Å². The molecule has 0 amide bonds. The van der Waals surface area contributed by atoms with Crippen LogP contribution in [0.1, 0.15) is 36.6 Å². The van der Waals surface area contributed by atoms with E-state index < -0.39 is 10.0 Å². The van der Waals surface area contributed by atoms with Gasteiger partial charge in [-0.1, -0.05) is 36.3 Å². The molecule has 1 fully saturated rings. The minimum atomic E-state index is -3.67. The highest BCUT2D eigenvalue weighted by atomic mass is 32.2. The molecule has 0 atom stereocenters. The van der Waals surface area contributed by atoms with Gasteiger partial charge in [0, 0.05) is 13.1 Å². The SMILES string of the molecule is Cc1noc2ncc(S(=O)(=O)NCc3ccc(CN4CCC(C)CC4)cc3)cc12. The molecule has 8 heteroatoms. The molecule has 29 heavy (non-hydrogen) atoms. The smallest absolute Gasteiger partial charge is 0.257 e. The van der Waals surface area contributed by atoms with E-state index in [-0.39, 0.29) is 11.4 Å². The third kappa shape index (κ3) is 4.66. The van der Waals surface area contributed by atoms with Crippen molar-refractivity contribution in [2.75, 3.05) is 13.1 Å². The van der Waals surface area contributed by atoms with E-state index in [1.165, 1.54) is 24.6 Å². The summed E-state index contributed by atoms with van der Waals surface area (Å²) in [5, 5.41) is 4.41. The Kier molecular flexibility index (Phi) is 5.67. The van der Waals surface area contributed by atoms with E-state index in [0.717, 1.165) is 31.1 Å². The summed E-state index contributed by atoms with van der Waals surface area (Å²) in [5.74, 6) is 0.825. The average Bonchev–Trinajstić information content (AvgIpc) is 3.10. The largest absolute Gasteiger partial charge is 0.336 e. The minimum absolute atomic E-state index is 0.104. The Morgan fingerprint density at radius 3 is 2.59 bits per heavy atom. The molecule has 0 radical (unpaired) electrons. The summed E-state index contributed by atoms with van der Waals surface area (Å²) in [6, 6.07) is 9.66. The highest BCUT2D eigenvalue weighted by molar-refractivity contribution is 7.89. The zero-order chi connectivity index (χ0) is 20.4. The number of aromatic nitrogens is 2. The summed E-state index contributed by atoms with van der Waals surface area (Å²) < 4.78 is 32.9. The first-order valence-corrected chi connectivity index (χ1v) is 11.4. The number of rotatable bonds is 6. The molecule has 0 spiro atoms. The second-order valence-electron chi connectivity index (χ2n) is 7.89. The van der Waals surface area contributed by atoms with E-state index in [1.807, 2.05) is 12.1 Å². The number of nitrogens with one attached hydrogen (secondary N) is 1. The van der Waals surface area contributed by atoms with Crippen LogP contribution in [0.4, 0.5) is 0 Å². The Bertz CT molecular complexity index is 1080. The van der Waals surface area contributed by atoms with Crippen LogP contribution in [-0.4, -0.2) is 36.5 Å². The zero-order valence-corrected chi connectivity index (χ0v) is 17.6. The summed E-state index contributed by atoms with van der Waals surface area (Å²) >= 11 is 0. The van der Waals surface area contributed by atoms with Crippen molar-refractivity contribution in [2.24, 2.45) is 5.92 Å². The van der Waals surface area contributed by atoms with Crippen molar-refractivity contribution in [1.82, 2.24) is 19.8 Å². The van der Waals surface area contributed by atoms with Gasteiger partial charge in [-0.2, -0.15) is 0 Å². The quantitative estimate of drug-likeness (QED) is 0.666. The Morgan fingerprint density at radius 2 is 1.86 bits per heavy atom. The van der Waals surface area contributed by atoms with Crippen LogP contribution in [0.25, 0.3) is 11.1 Å². The molecule has 154 valence electrons. The number of likely N-dealkylation sites (tertiary alicyclic amines) is 1. The van der Waals surface area contributed by atoms with Crippen molar-refractivity contribution in [3.05, 3.63) is 53.3 Å². The third-order valence-corrected chi connectivity index (χ3v) is 6.94. The van der Waals surface area contributed by atoms with Gasteiger partial charge in [0.05, 0.1) is 17.3 Å². The zero-order valence-electron chi connectivity index (χ0n) is 16.8. The van der Waals surface area contributed by atoms with E-state index in [0.29, 0.717) is 16.8 Å². The van der Waals surface area contributed by atoms with Crippen LogP contribution in [0, 0.1) is 12.8 Å². The predicted molar refractivity (Wildman–Crippen MR) is 111 cm³/mol. The second-order valence-corrected chi connectivity index (χ2v) is 9.66. The summed E-state index contributed by atoms with van der Waals surface area (Å²) in [6.07, 6.45) is 3.81. The lowest BCUT2D eigenvalue weighted by molar-refractivity contribution is 0.185. The number of benzene rings is 1. The summed E-state index contributed by atoms with van der Waals surface area (Å²) in [7, 11) is -3.67. The summed E-state index contributed by atoms with van der Waals surface area (Å²) in [4.78, 5) is 6.63. The topological polar surface area (TPSA) is 88.3 Å². The molecule has 1 N–H and O–H groups in total. The van der Waals surface area contributed by atoms with Gasteiger partial charge in [0.25, 0.3) is 5.71 Å². The van der Waals surface area contributed by atoms with Gasteiger partial charge in [-0.3, -0.25) is 4.90 Å². The van der Waals surface area contributed by atoms with Crippen molar-refractivity contribution >= 4 is 21.1 Å². The van der Waals surface area contributed by atoms with Crippen LogP contribution in [0.5, 0.6) is 0 Å². The van der Waals surface area contributed by atoms with Gasteiger partial charge in [-0.15, -0.1) is 0 Å². The standard InChI is InChI=1S/C21H26N4O3S/c1-15-7-9-25(10-8-15)14-18-5-3-17(4-6-18)12-23-29(26,27)19-11-20-16(2)24-28-21(20)22-13-19/h3-6,11,13,15,23H,7-10,12,14H2,1-2H3. The Balaban J connectivity index is 1.38. The van der Waals surface area contributed by atoms with Gasteiger partial charge in [0.15, 0.2) is 0 Å². The van der Waals surface area contributed by atoms with Crippen LogP contribution in [0.3, 0.4) is 0 Å². The second kappa shape index (κ2) is 8.22. The molecule has 1 saturated heterocycles. The molecule has 7 nitrogen and oxygen atoms in total. The monoisotopic (exact) mass is 414 g/mol. The molecule has 1 aliphatic heterocycles. The maximum absolute atomic E-state index is 12.6. The molecule has 3 heterocycles. The maximum atomic E-state index is 12.6. The number of aryl methyl sites for hydroxylation is 1. The minimum Gasteiger partial charge on any atom is -0.336 e. The van der Waals surface area contributed by atoms with Gasteiger partial charge in [-0.05, 0) is 56.0 Å². The van der Waals surface area contributed by atoms with Crippen LogP contribution in [-0.2, 0) is 23.1 Å². The van der Waals surface area contributed by atoms with Crippen LogP contribution < -0.4 is 4.72 Å². The fourth-order valence-corrected chi connectivity index (χ4v) is 4.56. The number of sulfonamides is 1. The van der Waals surface area contributed by atoms with Gasteiger partial charge >= 0.3 is 0 Å². The molecule has 1 aromatic carbocycles. The van der Waals surface area contributed by atoms with Crippen molar-refractivity contribution in [3.63, 3.8) is 0 Å². The molecule has 0 aliphatic carbocycles. The van der Waals surface area contributed by atoms with E-state index >= 15 is 0 Å². The van der Waals surface area contributed by atoms with Gasteiger partial charge in [0.1, 0.15) is 4.90 Å². The molecular formula is C21H26N4O3S. The van der Waals surface area contributed by atoms with E-state index in [9.17, 15) is 8.42 Å². The number of hydrogen-bond donors (Lipinski definition) is 1. The normalized spacial score (nSPS) is 16.5. The number of pyridine rings is 1. The van der Waals surface area contributed by atoms with E-state index in [4.69, 9.17) is 4.52 Å². The number of piperidine rings is 1. The highest BCUT2D eigenvalue weighted by Gasteiger charge is 2.18. The Hall–Kier alpha value is -2.29. The predicted octanol–water partition coefficient (Wildman–Crippen LogP) is 3.24. The van der Waals surface area contributed by atoms with Gasteiger partial charge in [0.2, 0.25) is 10.0 Å². The van der Waals surface area contributed by atoms with Crippen molar-refractivity contribution in [3.8, 4) is 0 Å². The highest BCUT2D eigenvalue weighted by Crippen LogP contribution is 2.20. The van der Waals surface area contributed by atoms with Gasteiger partial charge in [-0.25, -0.2) is 18.1 Å². The van der Waals surface area contributed by atoms with Crippen molar-refractivity contribution in [2.45, 2.75) is 44.7 Å². The summed E-state index contributed by atoms with van der Waals surface area (Å²) in [6.45, 7) is 7.53. The number of fused-ring (bicyclic) bond motifs is 1. The molecule has 4 rings (SSSR count). The van der Waals surface area contributed by atoms with Crippen molar-refractivity contribution < 1.29 is 12.9 Å². The lowest BCUT2D eigenvalue weighted by Gasteiger charge is -2.30. The van der Waals surface area contributed by atoms with Gasteiger partial charge < -0.3 is 4.52 Å². The molecule has 3 aromatic rings. The molecule has 0 unspecified atom stereocenters. The lowest BCUT2D eigenvalue weighted by atomic mass is 9.99. The molecular weight excluding hydrogens is 388 g/mol. The lowest BCUT2D eigenvalue weighted by Crippen LogP contribution is -2.32. The van der Waals surface area contributed by atoms with Crippen LogP contribution in [0.2, 0.25) is 0 Å². The average molecular weight is 415 g/mol. The Labute approximate surface area is 171 Å². The van der Waals surface area contributed by atoms with Crippen LogP contribution in [0.15, 0.2) is 45.9 Å². The first-order chi connectivity index (χ1) is 13.9. The van der Waals surface area contributed by atoms with Crippen LogP contribution >= 0.6 is 0 Å². The summed E-state index contributed by atoms with van der Waals surface area (Å²) in [5.41, 5.74) is 3.12. The first-order valence-electron chi connectivity index (χ1n) is 9.92. The molecule has 2 aromatic heterocycles. The Morgan fingerprint density at radius 1 is 1.17 bits per heavy atom. The number of hydrogen-bond acceptors (Lipinski definition) is 6. The molecule has 0 bridgehead atoms. The van der Waals surface area contributed by atoms with E-state index in [2.05, 4.69) is 38.8 Å². The molecule has 1 aliphatic rings. The van der Waals surface area contributed by atoms with Crippen molar-refractivity contribution in [1.29, 1.82) is 0 Å². The number of nitrogens with zero attached hydrogens (tertiary/aromatic N) is 3. The fraction of sp³-hybridized carbons (Fsp3) is 0.429. The molecule has 0 saturated carbocycles. The first kappa shape index (κ1) is 20.0. The maximum Gasteiger partial charge on any atom is 0.257 e.